The molecule has 266 valence electrons. The molecule has 0 unspecified atom stereocenters. The van der Waals surface area contributed by atoms with Crippen LogP contribution in [0.5, 0.6) is 0 Å². The van der Waals surface area contributed by atoms with Gasteiger partial charge in [0.05, 0.1) is 0 Å². The van der Waals surface area contributed by atoms with Crippen molar-refractivity contribution in [2.75, 3.05) is 0 Å². The van der Waals surface area contributed by atoms with Crippen molar-refractivity contribution in [1.29, 1.82) is 0 Å². The molecule has 3 aromatic heterocycles. The number of aromatic nitrogens is 3. The maximum absolute atomic E-state index is 6.41. The van der Waals surface area contributed by atoms with Gasteiger partial charge in [0.2, 0.25) is 0 Å². The van der Waals surface area contributed by atoms with E-state index in [2.05, 4.69) is 193 Å². The number of hydrogen-bond acceptors (Lipinski definition) is 3. The number of para-hydroxylation sites is 3. The second kappa shape index (κ2) is 12.5. The summed E-state index contributed by atoms with van der Waals surface area (Å²) in [6.45, 7) is 0. The predicted octanol–water partition coefficient (Wildman–Crippen LogP) is 10.2. The third kappa shape index (κ3) is 4.62. The molecule has 0 fully saturated rings. The summed E-state index contributed by atoms with van der Waals surface area (Å²) >= 11 is -3.73. The van der Waals surface area contributed by atoms with Gasteiger partial charge in [-0.1, -0.05) is 6.07 Å². The predicted molar refractivity (Wildman–Crippen MR) is 237 cm³/mol. The van der Waals surface area contributed by atoms with Crippen LogP contribution < -0.4 is 17.7 Å². The Balaban J connectivity index is 1.20. The number of benzene rings is 8. The molecule has 57 heavy (non-hydrogen) atoms. The molecule has 5 heteroatoms. The normalized spacial score (nSPS) is 13.1. The molecular weight excluding hydrogens is 755 g/mol. The Kier molecular flexibility index (Phi) is 7.07. The Labute approximate surface area is 331 Å². The second-order valence-electron chi connectivity index (χ2n) is 14.8. The van der Waals surface area contributed by atoms with Crippen molar-refractivity contribution in [2.24, 2.45) is 0 Å². The molecule has 0 spiro atoms. The molecule has 0 atom stereocenters. The molecular formula is C52H33GeN3O. The van der Waals surface area contributed by atoms with Crippen molar-refractivity contribution in [3.63, 3.8) is 0 Å². The molecule has 0 amide bonds. The Bertz CT molecular complexity index is 3310. The van der Waals surface area contributed by atoms with Crippen molar-refractivity contribution in [1.82, 2.24) is 14.5 Å². The van der Waals surface area contributed by atoms with Crippen LogP contribution in [0.4, 0.5) is 0 Å². The van der Waals surface area contributed by atoms with Gasteiger partial charge >= 0.3 is 327 Å². The van der Waals surface area contributed by atoms with Crippen LogP contribution in [-0.4, -0.2) is 27.8 Å². The van der Waals surface area contributed by atoms with Gasteiger partial charge in [-0.25, -0.2) is 0 Å². The van der Waals surface area contributed by atoms with E-state index in [4.69, 9.17) is 14.4 Å². The summed E-state index contributed by atoms with van der Waals surface area (Å²) in [5.41, 5.74) is 10.4. The molecule has 0 saturated heterocycles. The van der Waals surface area contributed by atoms with E-state index in [1.807, 2.05) is 12.1 Å². The maximum atomic E-state index is 6.41. The Morgan fingerprint density at radius 2 is 1.05 bits per heavy atom. The molecule has 0 aliphatic carbocycles. The van der Waals surface area contributed by atoms with Gasteiger partial charge in [0.15, 0.2) is 0 Å². The van der Waals surface area contributed by atoms with Gasteiger partial charge < -0.3 is 0 Å². The summed E-state index contributed by atoms with van der Waals surface area (Å²) in [5, 5.41) is 4.52. The number of furan rings is 1. The summed E-state index contributed by atoms with van der Waals surface area (Å²) in [7, 11) is 0. The third-order valence-electron chi connectivity index (χ3n) is 11.9. The molecule has 8 aromatic carbocycles. The van der Waals surface area contributed by atoms with Gasteiger partial charge in [-0.15, -0.1) is 0 Å². The zero-order chi connectivity index (χ0) is 37.5. The molecule has 4 heterocycles. The SMILES string of the molecule is c1ccc(-c2nc(-c3ccccc3-n3c4ccccc4c4cc5oc6ccccc6c5cc43)n[c]3c2-c2cccc[c]2[Ge]3([c]2ccccc2)[c]2ccccc2)cc1. The fraction of sp³-hybridized carbons (Fsp3) is 0. The first-order chi connectivity index (χ1) is 28.3. The summed E-state index contributed by atoms with van der Waals surface area (Å²) in [6.07, 6.45) is 0. The van der Waals surface area contributed by atoms with Crippen LogP contribution in [0.1, 0.15) is 0 Å². The van der Waals surface area contributed by atoms with Gasteiger partial charge in [0.1, 0.15) is 0 Å². The fourth-order valence-electron chi connectivity index (χ4n) is 9.50. The Morgan fingerprint density at radius 1 is 0.439 bits per heavy atom. The minimum atomic E-state index is -3.73. The number of fused-ring (bicyclic) bond motifs is 9. The molecule has 0 radical (unpaired) electrons. The zero-order valence-electron chi connectivity index (χ0n) is 30.8. The summed E-state index contributed by atoms with van der Waals surface area (Å²) in [6, 6.07) is 72.1. The Hall–Kier alpha value is -7.02. The van der Waals surface area contributed by atoms with Crippen LogP contribution in [0.3, 0.4) is 0 Å². The van der Waals surface area contributed by atoms with Crippen LogP contribution >= 0.6 is 0 Å². The van der Waals surface area contributed by atoms with E-state index in [1.165, 1.54) is 28.7 Å². The van der Waals surface area contributed by atoms with Gasteiger partial charge in [-0.3, -0.25) is 0 Å². The van der Waals surface area contributed by atoms with Crippen molar-refractivity contribution in [3.05, 3.63) is 200 Å². The molecule has 1 aliphatic heterocycles. The van der Waals surface area contributed by atoms with Crippen molar-refractivity contribution >= 4 is 74.7 Å². The van der Waals surface area contributed by atoms with Gasteiger partial charge in [-0.05, 0) is 0 Å². The first-order valence-corrected chi connectivity index (χ1v) is 23.6. The van der Waals surface area contributed by atoms with E-state index < -0.39 is 13.3 Å². The zero-order valence-corrected chi connectivity index (χ0v) is 32.9. The monoisotopic (exact) mass is 789 g/mol. The molecule has 4 nitrogen and oxygen atoms in total. The summed E-state index contributed by atoms with van der Waals surface area (Å²) in [4.78, 5) is 11.5. The second-order valence-corrected chi connectivity index (χ2v) is 22.5. The van der Waals surface area contributed by atoms with Crippen LogP contribution in [-0.2, 0) is 0 Å². The first-order valence-electron chi connectivity index (χ1n) is 19.4. The average molecular weight is 788 g/mol. The Morgan fingerprint density at radius 3 is 1.82 bits per heavy atom. The van der Waals surface area contributed by atoms with E-state index in [-0.39, 0.29) is 0 Å². The summed E-state index contributed by atoms with van der Waals surface area (Å²) < 4.78 is 14.1. The van der Waals surface area contributed by atoms with E-state index in [1.54, 1.807) is 0 Å². The molecule has 11 aromatic rings. The third-order valence-corrected chi connectivity index (χ3v) is 21.8. The standard InChI is InChI=1S/C52H33GeN3O/c1-4-18-34(19-5-1)50-49-39-26-10-14-28-43(39)53(35-20-6-2-7-21-35,36-22-8-3-9-23-36)51(49)55-52(54-50)40-27-12-16-30-45(40)56-44-29-15-11-24-37(44)41-33-48-42(32-46(41)56)38-25-13-17-31-47(38)57-48/h1-33H. The van der Waals surface area contributed by atoms with Crippen molar-refractivity contribution in [2.45, 2.75) is 0 Å². The van der Waals surface area contributed by atoms with E-state index >= 15 is 0 Å². The molecule has 0 N–H and O–H groups in total. The molecule has 0 saturated carbocycles. The van der Waals surface area contributed by atoms with E-state index in [0.717, 1.165) is 72.3 Å². The van der Waals surface area contributed by atoms with Crippen LogP contribution in [0.2, 0.25) is 0 Å². The van der Waals surface area contributed by atoms with Gasteiger partial charge in [0, 0.05) is 0 Å². The van der Waals surface area contributed by atoms with Crippen molar-refractivity contribution < 1.29 is 4.42 Å². The minimum absolute atomic E-state index is 0.721. The molecule has 1 aliphatic rings. The topological polar surface area (TPSA) is 43.9 Å². The number of rotatable bonds is 5. The fourth-order valence-corrected chi connectivity index (χ4v) is 20.0. The van der Waals surface area contributed by atoms with Gasteiger partial charge in [-0.2, -0.15) is 0 Å². The van der Waals surface area contributed by atoms with E-state index in [0.29, 0.717) is 0 Å². The van der Waals surface area contributed by atoms with Crippen LogP contribution in [0.25, 0.3) is 83.2 Å². The first kappa shape index (κ1) is 32.2. The van der Waals surface area contributed by atoms with Crippen LogP contribution in [0, 0.1) is 0 Å². The quantitative estimate of drug-likeness (QED) is 0.163. The molecule has 12 rings (SSSR count). The average Bonchev–Trinajstić information content (AvgIpc) is 3.92. The summed E-state index contributed by atoms with van der Waals surface area (Å²) in [5.74, 6) is 0.721. The molecule has 0 bridgehead atoms. The number of hydrogen-bond donors (Lipinski definition) is 0. The number of nitrogens with zero attached hydrogens (tertiary/aromatic N) is 3. The van der Waals surface area contributed by atoms with Gasteiger partial charge in [0.25, 0.3) is 0 Å². The van der Waals surface area contributed by atoms with Crippen molar-refractivity contribution in [3.8, 4) is 39.5 Å². The van der Waals surface area contributed by atoms with E-state index in [9.17, 15) is 0 Å². The van der Waals surface area contributed by atoms with Crippen LogP contribution in [0.15, 0.2) is 205 Å².